The molecule has 1 unspecified atom stereocenters. The summed E-state index contributed by atoms with van der Waals surface area (Å²) in [5.74, 6) is -1.19. The summed E-state index contributed by atoms with van der Waals surface area (Å²) in [4.78, 5) is 11.9. The van der Waals surface area contributed by atoms with Gasteiger partial charge in [0.15, 0.2) is 0 Å². The first-order chi connectivity index (χ1) is 11.0. The predicted octanol–water partition coefficient (Wildman–Crippen LogP) is 3.24. The highest BCUT2D eigenvalue weighted by Crippen LogP contribution is 2.13. The Hall–Kier alpha value is -2.27. The fourth-order valence-corrected chi connectivity index (χ4v) is 2.22. The van der Waals surface area contributed by atoms with Gasteiger partial charge in [0.1, 0.15) is 11.6 Å². The Labute approximate surface area is 134 Å². The summed E-state index contributed by atoms with van der Waals surface area (Å²) >= 11 is 0. The van der Waals surface area contributed by atoms with E-state index >= 15 is 0 Å². The standard InChI is InChI=1S/C18H20F2N2O/c1-12-3-5-14(6-4-12)13(2)22-18(23)11-21-10-15-9-16(19)7-8-17(15)20/h3-9,13,21H,10-11H2,1-2H3,(H,22,23). The van der Waals surface area contributed by atoms with Crippen LogP contribution >= 0.6 is 0 Å². The monoisotopic (exact) mass is 318 g/mol. The third-order valence-electron chi connectivity index (χ3n) is 3.56. The van der Waals surface area contributed by atoms with Crippen LogP contribution in [-0.2, 0) is 11.3 Å². The van der Waals surface area contributed by atoms with Gasteiger partial charge in [-0.3, -0.25) is 4.79 Å². The first-order valence-electron chi connectivity index (χ1n) is 7.46. The quantitative estimate of drug-likeness (QED) is 0.858. The highest BCUT2D eigenvalue weighted by Gasteiger charge is 2.10. The van der Waals surface area contributed by atoms with E-state index in [0.29, 0.717) is 0 Å². The van der Waals surface area contributed by atoms with Crippen LogP contribution in [0.15, 0.2) is 42.5 Å². The second kappa shape index (κ2) is 7.83. The smallest absolute Gasteiger partial charge is 0.234 e. The summed E-state index contributed by atoms with van der Waals surface area (Å²) in [7, 11) is 0. The highest BCUT2D eigenvalue weighted by atomic mass is 19.1. The van der Waals surface area contributed by atoms with Crippen LogP contribution in [0.25, 0.3) is 0 Å². The third kappa shape index (κ3) is 5.14. The number of carbonyl (C=O) groups is 1. The molecule has 0 aromatic heterocycles. The van der Waals surface area contributed by atoms with E-state index in [4.69, 9.17) is 0 Å². The number of halogens is 2. The van der Waals surface area contributed by atoms with Crippen LogP contribution in [0.2, 0.25) is 0 Å². The zero-order valence-electron chi connectivity index (χ0n) is 13.2. The van der Waals surface area contributed by atoms with Gasteiger partial charge in [-0.25, -0.2) is 8.78 Å². The maximum Gasteiger partial charge on any atom is 0.234 e. The molecule has 0 saturated heterocycles. The fourth-order valence-electron chi connectivity index (χ4n) is 2.22. The van der Waals surface area contributed by atoms with Gasteiger partial charge in [0.25, 0.3) is 0 Å². The molecule has 0 radical (unpaired) electrons. The Balaban J connectivity index is 1.81. The van der Waals surface area contributed by atoms with Crippen LogP contribution < -0.4 is 10.6 Å². The van der Waals surface area contributed by atoms with E-state index in [0.717, 1.165) is 29.3 Å². The molecule has 23 heavy (non-hydrogen) atoms. The van der Waals surface area contributed by atoms with E-state index in [1.54, 1.807) is 0 Å². The van der Waals surface area contributed by atoms with Crippen molar-refractivity contribution in [2.24, 2.45) is 0 Å². The molecule has 3 nitrogen and oxygen atoms in total. The molecular weight excluding hydrogens is 298 g/mol. The van der Waals surface area contributed by atoms with Gasteiger partial charge in [0.05, 0.1) is 12.6 Å². The van der Waals surface area contributed by atoms with Crippen molar-refractivity contribution in [1.82, 2.24) is 10.6 Å². The van der Waals surface area contributed by atoms with E-state index in [1.807, 2.05) is 38.1 Å². The number of nitrogens with one attached hydrogen (secondary N) is 2. The van der Waals surface area contributed by atoms with Gasteiger partial charge >= 0.3 is 0 Å². The minimum atomic E-state index is -0.499. The van der Waals surface area contributed by atoms with E-state index in [2.05, 4.69) is 10.6 Å². The lowest BCUT2D eigenvalue weighted by molar-refractivity contribution is -0.120. The maximum atomic E-state index is 13.5. The zero-order valence-corrected chi connectivity index (χ0v) is 13.2. The van der Waals surface area contributed by atoms with E-state index in [1.165, 1.54) is 0 Å². The Morgan fingerprint density at radius 3 is 2.52 bits per heavy atom. The Bertz CT molecular complexity index is 671. The number of benzene rings is 2. The van der Waals surface area contributed by atoms with Crippen molar-refractivity contribution in [3.63, 3.8) is 0 Å². The van der Waals surface area contributed by atoms with E-state index in [-0.39, 0.29) is 30.6 Å². The molecule has 2 N–H and O–H groups in total. The van der Waals surface area contributed by atoms with Crippen molar-refractivity contribution in [3.05, 3.63) is 70.8 Å². The first kappa shape index (κ1) is 17.1. The SMILES string of the molecule is Cc1ccc(C(C)NC(=O)CNCc2cc(F)ccc2F)cc1. The minimum absolute atomic E-state index is 0.0339. The summed E-state index contributed by atoms with van der Waals surface area (Å²) in [5, 5.41) is 5.68. The molecule has 0 heterocycles. The molecule has 0 aliphatic carbocycles. The van der Waals surface area contributed by atoms with Crippen molar-refractivity contribution < 1.29 is 13.6 Å². The summed E-state index contributed by atoms with van der Waals surface area (Å²) < 4.78 is 26.5. The van der Waals surface area contributed by atoms with Gasteiger partial charge in [-0.05, 0) is 37.6 Å². The van der Waals surface area contributed by atoms with Crippen LogP contribution in [0.5, 0.6) is 0 Å². The summed E-state index contributed by atoms with van der Waals surface area (Å²) in [6.45, 7) is 4.03. The van der Waals surface area contributed by atoms with Gasteiger partial charge < -0.3 is 10.6 Å². The first-order valence-corrected chi connectivity index (χ1v) is 7.46. The molecule has 1 atom stereocenters. The number of aryl methyl sites for hydroxylation is 1. The molecule has 122 valence electrons. The Morgan fingerprint density at radius 2 is 1.83 bits per heavy atom. The second-order valence-corrected chi connectivity index (χ2v) is 5.54. The topological polar surface area (TPSA) is 41.1 Å². The minimum Gasteiger partial charge on any atom is -0.348 e. The molecule has 0 aliphatic heterocycles. The summed E-state index contributed by atoms with van der Waals surface area (Å²) in [6.07, 6.45) is 0. The van der Waals surface area contributed by atoms with E-state index < -0.39 is 11.6 Å². The van der Waals surface area contributed by atoms with Crippen LogP contribution in [0.1, 0.15) is 29.7 Å². The molecule has 5 heteroatoms. The number of amides is 1. The van der Waals surface area contributed by atoms with Gasteiger partial charge in [-0.1, -0.05) is 29.8 Å². The van der Waals surface area contributed by atoms with Crippen LogP contribution in [0.4, 0.5) is 8.78 Å². The number of rotatable bonds is 6. The highest BCUT2D eigenvalue weighted by molar-refractivity contribution is 5.78. The summed E-state index contributed by atoms with van der Waals surface area (Å²) in [5.41, 5.74) is 2.37. The molecule has 0 bridgehead atoms. The second-order valence-electron chi connectivity index (χ2n) is 5.54. The van der Waals surface area contributed by atoms with Crippen molar-refractivity contribution in [1.29, 1.82) is 0 Å². The Kier molecular flexibility index (Phi) is 5.82. The van der Waals surface area contributed by atoms with Crippen molar-refractivity contribution in [2.45, 2.75) is 26.4 Å². The van der Waals surface area contributed by atoms with Crippen molar-refractivity contribution in [2.75, 3.05) is 6.54 Å². The van der Waals surface area contributed by atoms with Gasteiger partial charge in [0.2, 0.25) is 5.91 Å². The Morgan fingerprint density at radius 1 is 1.13 bits per heavy atom. The average Bonchev–Trinajstić information content (AvgIpc) is 2.51. The fraction of sp³-hybridized carbons (Fsp3) is 0.278. The van der Waals surface area contributed by atoms with Crippen LogP contribution in [0.3, 0.4) is 0 Å². The van der Waals surface area contributed by atoms with Crippen LogP contribution in [0, 0.1) is 18.6 Å². The number of hydrogen-bond donors (Lipinski definition) is 2. The average molecular weight is 318 g/mol. The molecule has 0 aliphatic rings. The molecule has 1 amide bonds. The summed E-state index contributed by atoms with van der Waals surface area (Å²) in [6, 6.07) is 11.1. The van der Waals surface area contributed by atoms with Gasteiger partial charge in [-0.2, -0.15) is 0 Å². The molecule has 0 fully saturated rings. The zero-order chi connectivity index (χ0) is 16.8. The lowest BCUT2D eigenvalue weighted by Crippen LogP contribution is -2.35. The molecular formula is C18H20F2N2O. The number of carbonyl (C=O) groups excluding carboxylic acids is 1. The van der Waals surface area contributed by atoms with E-state index in [9.17, 15) is 13.6 Å². The largest absolute Gasteiger partial charge is 0.348 e. The van der Waals surface area contributed by atoms with Gasteiger partial charge in [0, 0.05) is 12.1 Å². The number of hydrogen-bond acceptors (Lipinski definition) is 2. The lowest BCUT2D eigenvalue weighted by atomic mass is 10.1. The molecule has 2 aromatic rings. The van der Waals surface area contributed by atoms with Crippen LogP contribution in [-0.4, -0.2) is 12.5 Å². The maximum absolute atomic E-state index is 13.5. The third-order valence-corrected chi connectivity index (χ3v) is 3.56. The molecule has 0 saturated carbocycles. The van der Waals surface area contributed by atoms with Crippen molar-refractivity contribution >= 4 is 5.91 Å². The molecule has 2 rings (SSSR count). The van der Waals surface area contributed by atoms with Gasteiger partial charge in [-0.15, -0.1) is 0 Å². The lowest BCUT2D eigenvalue weighted by Gasteiger charge is -2.15. The predicted molar refractivity (Wildman–Crippen MR) is 85.8 cm³/mol. The molecule has 2 aromatic carbocycles. The normalized spacial score (nSPS) is 12.0. The van der Waals surface area contributed by atoms with Crippen molar-refractivity contribution in [3.8, 4) is 0 Å². The molecule has 0 spiro atoms.